The highest BCUT2D eigenvalue weighted by atomic mass is 16.5. The van der Waals surface area contributed by atoms with Crippen LogP contribution < -0.4 is 10.6 Å². The molecule has 0 spiro atoms. The maximum atomic E-state index is 12.5. The van der Waals surface area contributed by atoms with Gasteiger partial charge in [-0.15, -0.1) is 0 Å². The van der Waals surface area contributed by atoms with Gasteiger partial charge in [-0.1, -0.05) is 12.1 Å². The van der Waals surface area contributed by atoms with Gasteiger partial charge in [0.1, 0.15) is 11.3 Å². The molecule has 9 nitrogen and oxygen atoms in total. The van der Waals surface area contributed by atoms with E-state index in [9.17, 15) is 14.7 Å². The Balaban J connectivity index is 1.85. The van der Waals surface area contributed by atoms with E-state index in [1.807, 2.05) is 6.92 Å². The van der Waals surface area contributed by atoms with Crippen LogP contribution in [-0.4, -0.2) is 65.7 Å². The van der Waals surface area contributed by atoms with Crippen LogP contribution in [0.15, 0.2) is 4.52 Å². The second-order valence-corrected chi connectivity index (χ2v) is 6.36. The molecule has 0 aromatic carbocycles. The molecule has 9 heteroatoms. The number of nitrogens with one attached hydrogen (secondary N) is 2. The molecule has 1 saturated carbocycles. The van der Waals surface area contributed by atoms with Crippen molar-refractivity contribution in [3.63, 3.8) is 0 Å². The summed E-state index contributed by atoms with van der Waals surface area (Å²) >= 11 is 0. The number of aliphatic hydroxyl groups is 2. The molecule has 1 aromatic heterocycles. The van der Waals surface area contributed by atoms with Crippen LogP contribution in [0.5, 0.6) is 0 Å². The zero-order valence-electron chi connectivity index (χ0n) is 15.2. The monoisotopic (exact) mass is 369 g/mol. The summed E-state index contributed by atoms with van der Waals surface area (Å²) in [4.78, 5) is 24.7. The minimum absolute atomic E-state index is 0.0600. The first-order valence-electron chi connectivity index (χ1n) is 8.88. The van der Waals surface area contributed by atoms with Crippen molar-refractivity contribution in [3.05, 3.63) is 17.0 Å². The summed E-state index contributed by atoms with van der Waals surface area (Å²) in [7, 11) is 0. The third-order valence-corrected chi connectivity index (χ3v) is 4.49. The Bertz CT molecular complexity index is 618. The Morgan fingerprint density at radius 2 is 2.12 bits per heavy atom. The molecule has 1 fully saturated rings. The Morgan fingerprint density at radius 3 is 2.81 bits per heavy atom. The minimum Gasteiger partial charge on any atom is -0.394 e. The fourth-order valence-electron chi connectivity index (χ4n) is 3.13. The molecule has 1 aromatic rings. The van der Waals surface area contributed by atoms with E-state index < -0.39 is 12.1 Å². The molecule has 0 bridgehead atoms. The lowest BCUT2D eigenvalue weighted by Gasteiger charge is -2.16. The number of rotatable bonds is 9. The summed E-state index contributed by atoms with van der Waals surface area (Å²) < 4.78 is 10.1. The van der Waals surface area contributed by atoms with Crippen LogP contribution in [-0.2, 0) is 16.0 Å². The van der Waals surface area contributed by atoms with Crippen molar-refractivity contribution in [2.75, 3.05) is 26.4 Å². The second-order valence-electron chi connectivity index (χ2n) is 6.36. The second kappa shape index (κ2) is 9.65. The van der Waals surface area contributed by atoms with Gasteiger partial charge < -0.3 is 30.1 Å². The topological polar surface area (TPSA) is 134 Å². The maximum Gasteiger partial charge on any atom is 0.257 e. The third-order valence-electron chi connectivity index (χ3n) is 4.49. The molecule has 0 radical (unpaired) electrons. The van der Waals surface area contributed by atoms with E-state index >= 15 is 0 Å². The van der Waals surface area contributed by atoms with Gasteiger partial charge in [0, 0.05) is 12.5 Å². The number of aryl methyl sites for hydroxylation is 2. The first-order valence-corrected chi connectivity index (χ1v) is 8.88. The Hall–Kier alpha value is -1.97. The van der Waals surface area contributed by atoms with Crippen LogP contribution >= 0.6 is 0 Å². The van der Waals surface area contributed by atoms with Crippen molar-refractivity contribution in [2.45, 2.75) is 45.3 Å². The average Bonchev–Trinajstić information content (AvgIpc) is 3.17. The van der Waals surface area contributed by atoms with Crippen LogP contribution in [0.2, 0.25) is 0 Å². The molecular weight excluding hydrogens is 342 g/mol. The average molecular weight is 369 g/mol. The highest BCUT2D eigenvalue weighted by Crippen LogP contribution is 2.27. The van der Waals surface area contributed by atoms with Crippen LogP contribution in [0.4, 0.5) is 0 Å². The Morgan fingerprint density at radius 1 is 1.35 bits per heavy atom. The molecule has 146 valence electrons. The van der Waals surface area contributed by atoms with Crippen molar-refractivity contribution in [3.8, 4) is 0 Å². The Labute approximate surface area is 152 Å². The number of hydrogen-bond donors (Lipinski definition) is 4. The zero-order chi connectivity index (χ0) is 19.1. The van der Waals surface area contributed by atoms with Gasteiger partial charge in [-0.25, -0.2) is 0 Å². The van der Waals surface area contributed by atoms with Gasteiger partial charge in [-0.3, -0.25) is 9.59 Å². The van der Waals surface area contributed by atoms with Crippen molar-refractivity contribution < 1.29 is 29.1 Å². The summed E-state index contributed by atoms with van der Waals surface area (Å²) in [6, 6.07) is -0.497. The molecule has 1 heterocycles. The number of hydrogen-bond acceptors (Lipinski definition) is 7. The first-order chi connectivity index (χ1) is 12.5. The number of aromatic nitrogens is 1. The quantitative estimate of drug-likeness (QED) is 0.433. The standard InChI is InChI=1S/C17H27N3O6/c1-3-12-15(10(2)26-20-12)17(24)19-13-8-11(9-14(13)22)16(23)18-4-6-25-7-5-21/h11,13-14,21-22H,3-9H2,1-2H3,(H,18,23)(H,19,24)/t11-,13-,14-/m0/s1. The summed E-state index contributed by atoms with van der Waals surface area (Å²) in [5, 5.41) is 28.2. The number of amides is 2. The number of carbonyl (C=O) groups excluding carboxylic acids is 2. The lowest BCUT2D eigenvalue weighted by molar-refractivity contribution is -0.125. The number of ether oxygens (including phenoxy) is 1. The first kappa shape index (κ1) is 20.3. The molecular formula is C17H27N3O6. The fourth-order valence-corrected chi connectivity index (χ4v) is 3.13. The number of carbonyl (C=O) groups is 2. The molecule has 2 rings (SSSR count). The normalized spacial score (nSPS) is 22.4. The smallest absolute Gasteiger partial charge is 0.257 e. The predicted molar refractivity (Wildman–Crippen MR) is 91.5 cm³/mol. The minimum atomic E-state index is -0.786. The van der Waals surface area contributed by atoms with E-state index in [0.29, 0.717) is 43.0 Å². The van der Waals surface area contributed by atoms with Gasteiger partial charge in [0.15, 0.2) is 0 Å². The Kier molecular flexibility index (Phi) is 7.55. The van der Waals surface area contributed by atoms with E-state index in [1.54, 1.807) is 6.92 Å². The predicted octanol–water partition coefficient (Wildman–Crippen LogP) is -0.460. The van der Waals surface area contributed by atoms with Crippen LogP contribution in [0.25, 0.3) is 0 Å². The molecule has 0 saturated heterocycles. The van der Waals surface area contributed by atoms with Crippen molar-refractivity contribution in [1.82, 2.24) is 15.8 Å². The summed E-state index contributed by atoms with van der Waals surface area (Å²) in [5.74, 6) is -0.460. The molecule has 0 aliphatic heterocycles. The van der Waals surface area contributed by atoms with Gasteiger partial charge in [0.25, 0.3) is 5.91 Å². The lowest BCUT2D eigenvalue weighted by atomic mass is 10.1. The summed E-state index contributed by atoms with van der Waals surface area (Å²) in [5.41, 5.74) is 0.971. The molecule has 4 N–H and O–H groups in total. The van der Waals surface area contributed by atoms with Gasteiger partial charge in [0.05, 0.1) is 37.7 Å². The van der Waals surface area contributed by atoms with Gasteiger partial charge in [-0.2, -0.15) is 0 Å². The molecule has 3 atom stereocenters. The number of aliphatic hydroxyl groups excluding tert-OH is 2. The van der Waals surface area contributed by atoms with Crippen molar-refractivity contribution in [1.29, 1.82) is 0 Å². The molecule has 2 amide bonds. The maximum absolute atomic E-state index is 12.5. The molecule has 1 aliphatic carbocycles. The van der Waals surface area contributed by atoms with Crippen LogP contribution in [0.3, 0.4) is 0 Å². The van der Waals surface area contributed by atoms with E-state index in [-0.39, 0.29) is 37.4 Å². The largest absolute Gasteiger partial charge is 0.394 e. The van der Waals surface area contributed by atoms with Crippen LogP contribution in [0, 0.1) is 12.8 Å². The fraction of sp³-hybridized carbons (Fsp3) is 0.706. The van der Waals surface area contributed by atoms with E-state index in [1.165, 1.54) is 0 Å². The SMILES string of the molecule is CCc1noc(C)c1C(=O)N[C@H]1C[C@H](C(=O)NCCOCCO)C[C@@H]1O. The highest BCUT2D eigenvalue weighted by molar-refractivity contribution is 5.96. The van der Waals surface area contributed by atoms with Crippen molar-refractivity contribution >= 4 is 11.8 Å². The third kappa shape index (κ3) is 5.03. The van der Waals surface area contributed by atoms with Gasteiger partial charge in [-0.05, 0) is 26.2 Å². The van der Waals surface area contributed by atoms with E-state index in [0.717, 1.165) is 0 Å². The highest BCUT2D eigenvalue weighted by Gasteiger charge is 2.38. The van der Waals surface area contributed by atoms with E-state index in [2.05, 4.69) is 15.8 Å². The summed E-state index contributed by atoms with van der Waals surface area (Å²) in [6.07, 6.45) is 0.432. The van der Waals surface area contributed by atoms with Gasteiger partial charge in [0.2, 0.25) is 5.91 Å². The van der Waals surface area contributed by atoms with Gasteiger partial charge >= 0.3 is 0 Å². The van der Waals surface area contributed by atoms with Crippen LogP contribution in [0.1, 0.15) is 41.6 Å². The molecule has 26 heavy (non-hydrogen) atoms. The van der Waals surface area contributed by atoms with Crippen molar-refractivity contribution in [2.24, 2.45) is 5.92 Å². The van der Waals surface area contributed by atoms with E-state index in [4.69, 9.17) is 14.4 Å². The lowest BCUT2D eigenvalue weighted by Crippen LogP contribution is -2.40. The number of nitrogens with zero attached hydrogens (tertiary/aromatic N) is 1. The zero-order valence-corrected chi connectivity index (χ0v) is 15.2. The molecule has 1 aliphatic rings. The molecule has 0 unspecified atom stereocenters. The summed E-state index contributed by atoms with van der Waals surface area (Å²) in [6.45, 7) is 4.37.